The SMILES string of the molecule is CCCCCCNC1CCN(S(=O)(=O)c2ccc(CNC(=O)c3ccc(Cl)cc3)s2)CC1. The van der Waals surface area contributed by atoms with Gasteiger partial charge in [-0.25, -0.2) is 8.42 Å². The number of halogens is 1. The molecule has 1 aromatic carbocycles. The second-order valence-electron chi connectivity index (χ2n) is 8.10. The first kappa shape index (κ1) is 25.2. The topological polar surface area (TPSA) is 78.5 Å². The summed E-state index contributed by atoms with van der Waals surface area (Å²) in [5.74, 6) is -0.219. The number of rotatable bonds is 11. The smallest absolute Gasteiger partial charge is 0.252 e. The normalized spacial score (nSPS) is 15.7. The Kier molecular flexibility index (Phi) is 9.55. The van der Waals surface area contributed by atoms with Gasteiger partial charge in [0.25, 0.3) is 15.9 Å². The standard InChI is InChI=1S/C23H32ClN3O3S2/c1-2-3-4-5-14-25-20-12-15-27(16-13-20)32(29,30)22-11-10-21(31-22)17-26-23(28)18-6-8-19(24)9-7-18/h6-11,20,25H,2-5,12-17H2,1H3,(H,26,28). The van der Waals surface area contributed by atoms with Gasteiger partial charge >= 0.3 is 0 Å². The van der Waals surface area contributed by atoms with Gasteiger partial charge in [0.2, 0.25) is 0 Å². The van der Waals surface area contributed by atoms with Crippen LogP contribution >= 0.6 is 22.9 Å². The van der Waals surface area contributed by atoms with Crippen molar-refractivity contribution in [1.82, 2.24) is 14.9 Å². The van der Waals surface area contributed by atoms with E-state index in [-0.39, 0.29) is 12.5 Å². The minimum atomic E-state index is -3.50. The fourth-order valence-corrected chi connectivity index (χ4v) is 6.79. The summed E-state index contributed by atoms with van der Waals surface area (Å²) in [5.41, 5.74) is 0.514. The van der Waals surface area contributed by atoms with Crippen molar-refractivity contribution in [2.75, 3.05) is 19.6 Å². The highest BCUT2D eigenvalue weighted by Gasteiger charge is 2.30. The molecule has 1 aliphatic heterocycles. The Labute approximate surface area is 200 Å². The van der Waals surface area contributed by atoms with Gasteiger partial charge in [-0.3, -0.25) is 4.79 Å². The number of amides is 1. The summed E-state index contributed by atoms with van der Waals surface area (Å²) in [5, 5.41) is 6.97. The summed E-state index contributed by atoms with van der Waals surface area (Å²) in [7, 11) is -3.50. The second-order valence-corrected chi connectivity index (χ2v) is 11.9. The molecule has 3 rings (SSSR count). The van der Waals surface area contributed by atoms with Gasteiger partial charge in [-0.15, -0.1) is 11.3 Å². The molecule has 0 radical (unpaired) electrons. The molecule has 2 aromatic rings. The van der Waals surface area contributed by atoms with E-state index in [0.29, 0.717) is 33.9 Å². The number of carbonyl (C=O) groups is 1. The maximum atomic E-state index is 13.0. The molecule has 1 aromatic heterocycles. The van der Waals surface area contributed by atoms with Crippen LogP contribution in [-0.4, -0.2) is 44.3 Å². The zero-order chi connectivity index (χ0) is 23.0. The third-order valence-electron chi connectivity index (χ3n) is 5.68. The van der Waals surface area contributed by atoms with E-state index in [1.807, 2.05) is 0 Å². The van der Waals surface area contributed by atoms with Gasteiger partial charge in [-0.05, 0) is 62.2 Å². The van der Waals surface area contributed by atoms with Gasteiger partial charge in [0, 0.05) is 34.6 Å². The quantitative estimate of drug-likeness (QED) is 0.443. The van der Waals surface area contributed by atoms with Crippen LogP contribution < -0.4 is 10.6 Å². The molecule has 1 fully saturated rings. The first-order valence-electron chi connectivity index (χ1n) is 11.3. The Bertz CT molecular complexity index is 969. The predicted octanol–water partition coefficient (Wildman–Crippen LogP) is 4.65. The van der Waals surface area contributed by atoms with E-state index >= 15 is 0 Å². The molecule has 2 N–H and O–H groups in total. The maximum Gasteiger partial charge on any atom is 0.252 e. The summed E-state index contributed by atoms with van der Waals surface area (Å²) in [6.45, 7) is 4.57. The number of carbonyl (C=O) groups excluding carboxylic acids is 1. The van der Waals surface area contributed by atoms with Crippen molar-refractivity contribution in [3.63, 3.8) is 0 Å². The molecule has 0 spiro atoms. The minimum Gasteiger partial charge on any atom is -0.347 e. The second kappa shape index (κ2) is 12.1. The van der Waals surface area contributed by atoms with Gasteiger partial charge < -0.3 is 10.6 Å². The number of hydrogen-bond donors (Lipinski definition) is 2. The molecular weight excluding hydrogens is 466 g/mol. The van der Waals surface area contributed by atoms with Crippen molar-refractivity contribution < 1.29 is 13.2 Å². The molecule has 2 heterocycles. The first-order chi connectivity index (χ1) is 15.4. The Balaban J connectivity index is 1.47. The van der Waals surface area contributed by atoms with E-state index in [1.165, 1.54) is 37.0 Å². The lowest BCUT2D eigenvalue weighted by molar-refractivity contribution is 0.0951. The molecular formula is C23H32ClN3O3S2. The molecule has 0 saturated carbocycles. The van der Waals surface area contributed by atoms with E-state index < -0.39 is 10.0 Å². The molecule has 1 amide bonds. The Morgan fingerprint density at radius 1 is 1.09 bits per heavy atom. The summed E-state index contributed by atoms with van der Waals surface area (Å²) >= 11 is 7.07. The third kappa shape index (κ3) is 7.02. The van der Waals surface area contributed by atoms with Crippen molar-refractivity contribution >= 4 is 38.9 Å². The maximum absolute atomic E-state index is 13.0. The van der Waals surface area contributed by atoms with E-state index in [0.717, 1.165) is 24.3 Å². The number of nitrogens with one attached hydrogen (secondary N) is 2. The van der Waals surface area contributed by atoms with Crippen molar-refractivity contribution in [3.8, 4) is 0 Å². The summed E-state index contributed by atoms with van der Waals surface area (Å²) < 4.78 is 28.0. The lowest BCUT2D eigenvalue weighted by atomic mass is 10.1. The van der Waals surface area contributed by atoms with Crippen molar-refractivity contribution in [1.29, 1.82) is 0 Å². The number of thiophene rings is 1. The summed E-state index contributed by atoms with van der Waals surface area (Å²) in [6.07, 6.45) is 6.60. The van der Waals surface area contributed by atoms with Crippen LogP contribution in [0.3, 0.4) is 0 Å². The van der Waals surface area contributed by atoms with Gasteiger partial charge in [0.1, 0.15) is 4.21 Å². The molecule has 0 aliphatic carbocycles. The third-order valence-corrected chi connectivity index (χ3v) is 9.38. The van der Waals surface area contributed by atoms with E-state index in [2.05, 4.69) is 17.6 Å². The van der Waals surface area contributed by atoms with Gasteiger partial charge in [-0.1, -0.05) is 37.8 Å². The van der Waals surface area contributed by atoms with Crippen LogP contribution in [0, 0.1) is 0 Å². The zero-order valence-electron chi connectivity index (χ0n) is 18.5. The highest BCUT2D eigenvalue weighted by molar-refractivity contribution is 7.91. The van der Waals surface area contributed by atoms with Crippen molar-refractivity contribution in [2.45, 2.75) is 62.2 Å². The molecule has 6 nitrogen and oxygen atoms in total. The molecule has 0 unspecified atom stereocenters. The number of unbranched alkanes of at least 4 members (excludes halogenated alkanes) is 3. The Morgan fingerprint density at radius 2 is 1.81 bits per heavy atom. The van der Waals surface area contributed by atoms with Crippen LogP contribution in [0.15, 0.2) is 40.6 Å². The van der Waals surface area contributed by atoms with Crippen LogP contribution in [0.25, 0.3) is 0 Å². The molecule has 1 aliphatic rings. The van der Waals surface area contributed by atoms with E-state index in [4.69, 9.17) is 11.6 Å². The highest BCUT2D eigenvalue weighted by atomic mass is 35.5. The molecule has 176 valence electrons. The van der Waals surface area contributed by atoms with Crippen LogP contribution in [0.4, 0.5) is 0 Å². The van der Waals surface area contributed by atoms with Crippen LogP contribution in [0.2, 0.25) is 5.02 Å². The highest BCUT2D eigenvalue weighted by Crippen LogP contribution is 2.27. The van der Waals surface area contributed by atoms with Crippen LogP contribution in [0.5, 0.6) is 0 Å². The van der Waals surface area contributed by atoms with Crippen molar-refractivity contribution in [2.24, 2.45) is 0 Å². The van der Waals surface area contributed by atoms with Crippen LogP contribution in [-0.2, 0) is 16.6 Å². The number of hydrogen-bond acceptors (Lipinski definition) is 5. The number of piperidine rings is 1. The number of sulfonamides is 1. The van der Waals surface area contributed by atoms with E-state index in [1.54, 1.807) is 40.7 Å². The summed E-state index contributed by atoms with van der Waals surface area (Å²) in [4.78, 5) is 13.1. The monoisotopic (exact) mass is 497 g/mol. The van der Waals surface area contributed by atoms with E-state index in [9.17, 15) is 13.2 Å². The minimum absolute atomic E-state index is 0.219. The largest absolute Gasteiger partial charge is 0.347 e. The Hall–Kier alpha value is -1.45. The predicted molar refractivity (Wildman–Crippen MR) is 131 cm³/mol. The molecule has 9 heteroatoms. The Morgan fingerprint density at radius 3 is 2.50 bits per heavy atom. The average Bonchev–Trinajstić information content (AvgIpc) is 3.28. The summed E-state index contributed by atoms with van der Waals surface area (Å²) in [6, 6.07) is 10.4. The molecule has 0 bridgehead atoms. The average molecular weight is 498 g/mol. The number of nitrogens with zero attached hydrogens (tertiary/aromatic N) is 1. The lowest BCUT2D eigenvalue weighted by Gasteiger charge is -2.31. The molecule has 32 heavy (non-hydrogen) atoms. The fraction of sp³-hybridized carbons (Fsp3) is 0.522. The van der Waals surface area contributed by atoms with Gasteiger partial charge in [-0.2, -0.15) is 4.31 Å². The first-order valence-corrected chi connectivity index (χ1v) is 13.9. The van der Waals surface area contributed by atoms with Crippen molar-refractivity contribution in [3.05, 3.63) is 51.9 Å². The van der Waals surface area contributed by atoms with Gasteiger partial charge in [0.15, 0.2) is 0 Å². The zero-order valence-corrected chi connectivity index (χ0v) is 20.9. The fourth-order valence-electron chi connectivity index (χ4n) is 3.75. The molecule has 1 saturated heterocycles. The van der Waals surface area contributed by atoms with Gasteiger partial charge in [0.05, 0.1) is 6.54 Å². The number of benzene rings is 1. The lowest BCUT2D eigenvalue weighted by Crippen LogP contribution is -2.44. The van der Waals surface area contributed by atoms with Crippen LogP contribution in [0.1, 0.15) is 60.7 Å². The molecule has 0 atom stereocenters.